The third kappa shape index (κ3) is 1.08. The van der Waals surface area contributed by atoms with Crippen LogP contribution in [0.3, 0.4) is 0 Å². The second-order valence-electron chi connectivity index (χ2n) is 1.27. The number of nitrogens with two attached hydrogens (primary N) is 1. The second-order valence-corrected chi connectivity index (χ2v) is 3.59. The fourth-order valence-electron chi connectivity index (χ4n) is 0.395. The highest BCUT2D eigenvalue weighted by molar-refractivity contribution is 8.33. The zero-order valence-corrected chi connectivity index (χ0v) is 5.76. The number of nitrogens with one attached hydrogen (secondary N) is 1. The number of hydrogen-bond donors (Lipinski definition) is 2. The zero-order valence-electron chi connectivity index (χ0n) is 4.13. The molecule has 1 aliphatic heterocycles. The lowest BCUT2D eigenvalue weighted by molar-refractivity contribution is 1.45. The molecule has 0 amide bonds. The molecule has 0 aromatic heterocycles. The second kappa shape index (κ2) is 2.28. The molecule has 0 bridgehead atoms. The number of allylic oxidation sites excluding steroid dienone is 1. The van der Waals surface area contributed by atoms with E-state index in [2.05, 4.69) is 4.72 Å². The lowest BCUT2D eigenvalue weighted by Gasteiger charge is -1.98. The van der Waals surface area contributed by atoms with Crippen LogP contribution in [0.25, 0.3) is 0 Å². The van der Waals surface area contributed by atoms with Gasteiger partial charge >= 0.3 is 0 Å². The fourth-order valence-corrected chi connectivity index (χ4v) is 1.50. The lowest BCUT2D eigenvalue weighted by atomic mass is 10.7. The van der Waals surface area contributed by atoms with E-state index in [0.29, 0.717) is 4.32 Å². The molecule has 8 heavy (non-hydrogen) atoms. The van der Waals surface area contributed by atoms with Gasteiger partial charge in [0.15, 0.2) is 0 Å². The molecule has 0 radical (unpaired) electrons. The maximum atomic E-state index is 5.31. The first-order chi connectivity index (χ1) is 3.80. The van der Waals surface area contributed by atoms with Crippen LogP contribution < -0.4 is 10.5 Å². The smallest absolute Gasteiger partial charge is 0.144 e. The molecule has 0 spiro atoms. The van der Waals surface area contributed by atoms with E-state index in [-0.39, 0.29) is 10.7 Å². The standard InChI is InChI=1S/C4H6N2S2/c5-4(7)8-3-1-2-6-8/h1-3,6H,(H2,5,7). The van der Waals surface area contributed by atoms with Crippen LogP contribution in [0.2, 0.25) is 0 Å². The normalized spacial score (nSPS) is 24.2. The molecular formula is C4H6N2S2. The first kappa shape index (κ1) is 5.78. The Bertz CT molecular complexity index is 171. The molecule has 1 atom stereocenters. The quantitative estimate of drug-likeness (QED) is 0.484. The van der Waals surface area contributed by atoms with Crippen molar-refractivity contribution >= 4 is 32.6 Å². The van der Waals surface area contributed by atoms with E-state index in [1.54, 1.807) is 0 Å². The summed E-state index contributed by atoms with van der Waals surface area (Å²) < 4.78 is 3.50. The first-order valence-electron chi connectivity index (χ1n) is 2.09. The summed E-state index contributed by atoms with van der Waals surface area (Å²) in [7, 11) is -0.156. The topological polar surface area (TPSA) is 38.0 Å². The van der Waals surface area contributed by atoms with Crippen molar-refractivity contribution in [2.24, 2.45) is 5.73 Å². The number of thiocarbonyl (C=S) groups is 1. The Morgan fingerprint density at radius 1 is 1.75 bits per heavy atom. The minimum Gasteiger partial charge on any atom is -0.384 e. The molecule has 0 saturated heterocycles. The van der Waals surface area contributed by atoms with Gasteiger partial charge in [-0.15, -0.1) is 0 Å². The molecule has 0 aromatic carbocycles. The highest BCUT2D eigenvalue weighted by Crippen LogP contribution is 2.08. The van der Waals surface area contributed by atoms with Crippen LogP contribution in [-0.2, 0) is 0 Å². The van der Waals surface area contributed by atoms with Crippen molar-refractivity contribution in [3.8, 4) is 0 Å². The van der Waals surface area contributed by atoms with Gasteiger partial charge in [-0.1, -0.05) is 12.2 Å². The summed E-state index contributed by atoms with van der Waals surface area (Å²) in [6.07, 6.45) is 3.74. The van der Waals surface area contributed by atoms with Crippen LogP contribution in [0.5, 0.6) is 0 Å². The number of hydrogen-bond acceptors (Lipinski definition) is 2. The van der Waals surface area contributed by atoms with Crippen molar-refractivity contribution in [3.05, 3.63) is 12.3 Å². The van der Waals surface area contributed by atoms with Gasteiger partial charge in [-0.3, -0.25) is 0 Å². The van der Waals surface area contributed by atoms with Crippen molar-refractivity contribution < 1.29 is 0 Å². The Balaban J connectivity index is 2.64. The molecule has 3 N–H and O–H groups in total. The van der Waals surface area contributed by atoms with Gasteiger partial charge in [-0.2, -0.15) is 0 Å². The minimum atomic E-state index is -0.156. The average Bonchev–Trinajstić information content (AvgIpc) is 2.12. The molecule has 1 heterocycles. The van der Waals surface area contributed by atoms with E-state index in [1.807, 2.05) is 17.6 Å². The molecule has 0 saturated carbocycles. The van der Waals surface area contributed by atoms with Crippen molar-refractivity contribution in [3.63, 3.8) is 0 Å². The molecule has 44 valence electrons. The summed E-state index contributed by atoms with van der Waals surface area (Å²) >= 11 is 4.71. The summed E-state index contributed by atoms with van der Waals surface area (Å²) in [6, 6.07) is 0. The molecule has 1 unspecified atom stereocenters. The van der Waals surface area contributed by atoms with Crippen LogP contribution in [-0.4, -0.2) is 9.69 Å². The Kier molecular flexibility index (Phi) is 1.65. The molecule has 1 aliphatic rings. The molecule has 1 rings (SSSR count). The fraction of sp³-hybridized carbons (Fsp3) is 0. The van der Waals surface area contributed by atoms with Crippen LogP contribution in [0.1, 0.15) is 0 Å². The van der Waals surface area contributed by atoms with Crippen LogP contribution in [0, 0.1) is 0 Å². The van der Waals surface area contributed by atoms with Crippen LogP contribution >= 0.6 is 22.9 Å². The van der Waals surface area contributed by atoms with E-state index >= 15 is 0 Å². The molecule has 4 heteroatoms. The zero-order chi connectivity index (χ0) is 5.98. The summed E-state index contributed by atoms with van der Waals surface area (Å²) in [5.41, 5.74) is 5.31. The molecule has 2 nitrogen and oxygen atoms in total. The largest absolute Gasteiger partial charge is 0.384 e. The van der Waals surface area contributed by atoms with Gasteiger partial charge in [0.25, 0.3) is 0 Å². The van der Waals surface area contributed by atoms with E-state index in [1.165, 1.54) is 0 Å². The SMILES string of the molecule is NC(=S)S1=CC=CN1. The van der Waals surface area contributed by atoms with Gasteiger partial charge < -0.3 is 10.5 Å². The van der Waals surface area contributed by atoms with Gasteiger partial charge in [-0.25, -0.2) is 0 Å². The Labute approximate surface area is 55.8 Å². The summed E-state index contributed by atoms with van der Waals surface area (Å²) in [4.78, 5) is 0. The van der Waals surface area contributed by atoms with Crippen molar-refractivity contribution in [1.82, 2.24) is 4.72 Å². The summed E-state index contributed by atoms with van der Waals surface area (Å²) in [6.45, 7) is 0. The molecule has 0 aromatic rings. The van der Waals surface area contributed by atoms with Crippen LogP contribution in [0.4, 0.5) is 0 Å². The Hall–Kier alpha value is -0.350. The third-order valence-electron chi connectivity index (χ3n) is 0.723. The number of rotatable bonds is 0. The van der Waals surface area contributed by atoms with E-state index in [9.17, 15) is 0 Å². The maximum absolute atomic E-state index is 5.31. The highest BCUT2D eigenvalue weighted by atomic mass is 32.2. The van der Waals surface area contributed by atoms with Crippen molar-refractivity contribution in [2.75, 3.05) is 0 Å². The summed E-state index contributed by atoms with van der Waals surface area (Å²) in [5, 5.41) is 1.95. The molecule has 0 fully saturated rings. The molecule has 0 aliphatic carbocycles. The van der Waals surface area contributed by atoms with E-state index in [4.69, 9.17) is 18.0 Å². The summed E-state index contributed by atoms with van der Waals surface area (Å²) in [5.74, 6) is 0. The van der Waals surface area contributed by atoms with Gasteiger partial charge in [0.1, 0.15) is 4.32 Å². The van der Waals surface area contributed by atoms with Gasteiger partial charge in [0.05, 0.1) is 0 Å². The third-order valence-corrected chi connectivity index (χ3v) is 2.51. The predicted octanol–water partition coefficient (Wildman–Crippen LogP) is 0.333. The maximum Gasteiger partial charge on any atom is 0.144 e. The van der Waals surface area contributed by atoms with E-state index in [0.717, 1.165) is 0 Å². The van der Waals surface area contributed by atoms with Gasteiger partial charge in [-0.05, 0) is 22.1 Å². The Morgan fingerprint density at radius 2 is 2.50 bits per heavy atom. The monoisotopic (exact) mass is 146 g/mol. The van der Waals surface area contributed by atoms with Gasteiger partial charge in [0.2, 0.25) is 0 Å². The van der Waals surface area contributed by atoms with Crippen LogP contribution in [0.15, 0.2) is 12.3 Å². The van der Waals surface area contributed by atoms with E-state index < -0.39 is 0 Å². The predicted molar refractivity (Wildman–Crippen MR) is 42.7 cm³/mol. The first-order valence-corrected chi connectivity index (χ1v) is 3.79. The van der Waals surface area contributed by atoms with Crippen molar-refractivity contribution in [1.29, 1.82) is 0 Å². The van der Waals surface area contributed by atoms with Gasteiger partial charge in [0, 0.05) is 6.20 Å². The Morgan fingerprint density at radius 3 is 2.75 bits per heavy atom. The highest BCUT2D eigenvalue weighted by Gasteiger charge is 1.95. The lowest BCUT2D eigenvalue weighted by Crippen LogP contribution is -2.10. The average molecular weight is 146 g/mol. The minimum absolute atomic E-state index is 0.156. The van der Waals surface area contributed by atoms with Crippen molar-refractivity contribution in [2.45, 2.75) is 0 Å². The molecular weight excluding hydrogens is 140 g/mol.